The van der Waals surface area contributed by atoms with Crippen LogP contribution in [0.4, 0.5) is 13.2 Å². The zero-order valence-corrected chi connectivity index (χ0v) is 11.4. The second-order valence-electron chi connectivity index (χ2n) is 5.17. The molecule has 0 aliphatic carbocycles. The number of hydrogen-bond donors (Lipinski definition) is 1. The Hall–Kier alpha value is -1.50. The van der Waals surface area contributed by atoms with Crippen molar-refractivity contribution in [2.24, 2.45) is 5.41 Å². The van der Waals surface area contributed by atoms with Crippen molar-refractivity contribution >= 4 is 5.91 Å². The molecule has 7 heteroatoms. The Morgan fingerprint density at radius 3 is 2.70 bits per heavy atom. The summed E-state index contributed by atoms with van der Waals surface area (Å²) < 4.78 is 44.9. The van der Waals surface area contributed by atoms with Crippen LogP contribution in [0.25, 0.3) is 0 Å². The Morgan fingerprint density at radius 1 is 1.55 bits per heavy atom. The van der Waals surface area contributed by atoms with Crippen LogP contribution in [0, 0.1) is 12.3 Å². The number of alkyl halides is 3. The summed E-state index contributed by atoms with van der Waals surface area (Å²) in [6.07, 6.45) is -3.31. The number of furan rings is 1. The second-order valence-corrected chi connectivity index (χ2v) is 5.17. The summed E-state index contributed by atoms with van der Waals surface area (Å²) in [5, 5.41) is 2.64. The van der Waals surface area contributed by atoms with Gasteiger partial charge in [0.2, 0.25) is 5.91 Å². The van der Waals surface area contributed by atoms with Crippen molar-refractivity contribution < 1.29 is 22.4 Å². The molecule has 1 aromatic rings. The van der Waals surface area contributed by atoms with Gasteiger partial charge in [0.25, 0.3) is 0 Å². The fourth-order valence-corrected chi connectivity index (χ4v) is 2.51. The van der Waals surface area contributed by atoms with Crippen LogP contribution < -0.4 is 5.32 Å². The van der Waals surface area contributed by atoms with Crippen molar-refractivity contribution in [3.05, 3.63) is 23.7 Å². The molecule has 1 aromatic heterocycles. The Kier molecular flexibility index (Phi) is 3.82. The van der Waals surface area contributed by atoms with E-state index in [1.165, 1.54) is 13.3 Å². The summed E-state index contributed by atoms with van der Waals surface area (Å²) >= 11 is 0. The molecular weight excluding hydrogens is 273 g/mol. The summed E-state index contributed by atoms with van der Waals surface area (Å²) in [6.45, 7) is 1.66. The van der Waals surface area contributed by atoms with Gasteiger partial charge in [0.05, 0.1) is 6.26 Å². The van der Waals surface area contributed by atoms with Crippen molar-refractivity contribution in [1.29, 1.82) is 0 Å². The molecule has 1 unspecified atom stereocenters. The topological polar surface area (TPSA) is 45.5 Å². The highest BCUT2D eigenvalue weighted by molar-refractivity contribution is 5.84. The van der Waals surface area contributed by atoms with Crippen LogP contribution in [0.1, 0.15) is 17.7 Å². The van der Waals surface area contributed by atoms with Crippen LogP contribution >= 0.6 is 0 Å². The van der Waals surface area contributed by atoms with E-state index in [9.17, 15) is 18.0 Å². The first kappa shape index (κ1) is 14.9. The first-order valence-corrected chi connectivity index (χ1v) is 6.34. The molecule has 0 saturated carbocycles. The van der Waals surface area contributed by atoms with Crippen LogP contribution in [0.5, 0.6) is 0 Å². The number of nitrogens with one attached hydrogen (secondary N) is 1. The van der Waals surface area contributed by atoms with Gasteiger partial charge >= 0.3 is 6.18 Å². The van der Waals surface area contributed by atoms with Crippen molar-refractivity contribution in [1.82, 2.24) is 10.2 Å². The maximum absolute atomic E-state index is 13.3. The Balaban J connectivity index is 2.18. The van der Waals surface area contributed by atoms with Gasteiger partial charge in [-0.2, -0.15) is 13.2 Å². The number of carbonyl (C=O) groups excluding carboxylic acids is 1. The van der Waals surface area contributed by atoms with Gasteiger partial charge < -0.3 is 14.6 Å². The van der Waals surface area contributed by atoms with Gasteiger partial charge in [-0.3, -0.25) is 4.79 Å². The van der Waals surface area contributed by atoms with Crippen LogP contribution in [0.2, 0.25) is 0 Å². The smallest absolute Gasteiger partial charge is 0.404 e. The summed E-state index contributed by atoms with van der Waals surface area (Å²) in [4.78, 5) is 13.4. The molecule has 1 fully saturated rings. The number of rotatable bonds is 3. The summed E-state index contributed by atoms with van der Waals surface area (Å²) in [7, 11) is 1.39. The first-order chi connectivity index (χ1) is 9.28. The lowest BCUT2D eigenvalue weighted by atomic mass is 9.84. The minimum absolute atomic E-state index is 0.110. The summed E-state index contributed by atoms with van der Waals surface area (Å²) in [6, 6.07) is 1.66. The van der Waals surface area contributed by atoms with Gasteiger partial charge in [0, 0.05) is 25.7 Å². The lowest BCUT2D eigenvalue weighted by Gasteiger charge is -2.33. The molecule has 1 aliphatic heterocycles. The molecule has 2 heterocycles. The second kappa shape index (κ2) is 5.12. The number of nitrogens with zero attached hydrogens (tertiary/aromatic N) is 1. The third-order valence-corrected chi connectivity index (χ3v) is 3.83. The molecule has 2 rings (SSSR count). The van der Waals surface area contributed by atoms with Crippen molar-refractivity contribution in [3.63, 3.8) is 0 Å². The molecule has 20 heavy (non-hydrogen) atoms. The quantitative estimate of drug-likeness (QED) is 0.927. The summed E-state index contributed by atoms with van der Waals surface area (Å²) in [5.74, 6) is -0.286. The zero-order chi connectivity index (χ0) is 15.0. The van der Waals surface area contributed by atoms with Gasteiger partial charge in [-0.1, -0.05) is 0 Å². The molecule has 1 N–H and O–H groups in total. The van der Waals surface area contributed by atoms with E-state index in [2.05, 4.69) is 5.32 Å². The predicted octanol–water partition coefficient (Wildman–Crippen LogP) is 2.09. The van der Waals surface area contributed by atoms with E-state index in [1.807, 2.05) is 0 Å². The monoisotopic (exact) mass is 290 g/mol. The van der Waals surface area contributed by atoms with Crippen LogP contribution in [-0.4, -0.2) is 37.1 Å². The normalized spacial score (nSPS) is 23.1. The van der Waals surface area contributed by atoms with E-state index in [-0.39, 0.29) is 26.1 Å². The fraction of sp³-hybridized carbons (Fsp3) is 0.615. The molecular formula is C13H17F3N2O2. The van der Waals surface area contributed by atoms with E-state index in [0.717, 1.165) is 4.90 Å². The molecule has 1 atom stereocenters. The molecule has 0 bridgehead atoms. The molecule has 0 spiro atoms. The largest absolute Gasteiger partial charge is 0.469 e. The SMILES string of the molecule is Cc1occc1CN(C)C(=O)C1(C(F)(F)F)CCNC1. The minimum Gasteiger partial charge on any atom is -0.469 e. The Labute approximate surface area is 114 Å². The van der Waals surface area contributed by atoms with Crippen LogP contribution in [0.3, 0.4) is 0 Å². The predicted molar refractivity (Wildman–Crippen MR) is 65.9 cm³/mol. The van der Waals surface area contributed by atoms with Crippen molar-refractivity contribution in [3.8, 4) is 0 Å². The lowest BCUT2D eigenvalue weighted by Crippen LogP contribution is -2.52. The zero-order valence-electron chi connectivity index (χ0n) is 11.4. The minimum atomic E-state index is -4.55. The summed E-state index contributed by atoms with van der Waals surface area (Å²) in [5.41, 5.74) is -1.59. The third kappa shape index (κ3) is 2.42. The van der Waals surface area contributed by atoms with Crippen LogP contribution in [-0.2, 0) is 11.3 Å². The highest BCUT2D eigenvalue weighted by Crippen LogP contribution is 2.44. The van der Waals surface area contributed by atoms with E-state index in [1.54, 1.807) is 13.0 Å². The average molecular weight is 290 g/mol. The van der Waals surface area contributed by atoms with Gasteiger partial charge in [0.15, 0.2) is 5.41 Å². The Morgan fingerprint density at radius 2 is 2.25 bits per heavy atom. The standard InChI is InChI=1S/C13H17F3N2O2/c1-9-10(3-6-20-9)7-18(2)11(19)12(13(14,15)16)4-5-17-8-12/h3,6,17H,4-5,7-8H2,1-2H3. The fourth-order valence-electron chi connectivity index (χ4n) is 2.51. The molecule has 1 amide bonds. The molecule has 0 radical (unpaired) electrons. The van der Waals surface area contributed by atoms with Gasteiger partial charge in [-0.15, -0.1) is 0 Å². The molecule has 1 aliphatic rings. The molecule has 1 saturated heterocycles. The number of carbonyl (C=O) groups is 1. The average Bonchev–Trinajstić information content (AvgIpc) is 2.98. The number of hydrogen-bond acceptors (Lipinski definition) is 3. The number of amides is 1. The molecule has 4 nitrogen and oxygen atoms in total. The maximum atomic E-state index is 13.3. The number of aryl methyl sites for hydroxylation is 1. The van der Waals surface area contributed by atoms with Crippen LogP contribution in [0.15, 0.2) is 16.7 Å². The van der Waals surface area contributed by atoms with E-state index >= 15 is 0 Å². The van der Waals surface area contributed by atoms with E-state index < -0.39 is 17.5 Å². The van der Waals surface area contributed by atoms with Gasteiger partial charge in [0.1, 0.15) is 5.76 Å². The lowest BCUT2D eigenvalue weighted by molar-refractivity contribution is -0.221. The number of halogens is 3. The van der Waals surface area contributed by atoms with Crippen molar-refractivity contribution in [2.45, 2.75) is 26.1 Å². The maximum Gasteiger partial charge on any atom is 0.404 e. The Bertz CT molecular complexity index is 490. The molecule has 0 aromatic carbocycles. The van der Waals surface area contributed by atoms with E-state index in [0.29, 0.717) is 11.3 Å². The van der Waals surface area contributed by atoms with Crippen molar-refractivity contribution in [2.75, 3.05) is 20.1 Å². The highest BCUT2D eigenvalue weighted by atomic mass is 19.4. The van der Waals surface area contributed by atoms with Gasteiger partial charge in [-0.05, 0) is 26.0 Å². The third-order valence-electron chi connectivity index (χ3n) is 3.83. The highest BCUT2D eigenvalue weighted by Gasteiger charge is 2.62. The molecule has 112 valence electrons. The van der Waals surface area contributed by atoms with Gasteiger partial charge in [-0.25, -0.2) is 0 Å². The first-order valence-electron chi connectivity index (χ1n) is 6.34. The van der Waals surface area contributed by atoms with E-state index in [4.69, 9.17) is 4.42 Å².